The molecule has 3 N–H and O–H groups in total. The number of rotatable bonds is 6. The minimum atomic E-state index is -4.10. The van der Waals surface area contributed by atoms with E-state index < -0.39 is 15.8 Å². The van der Waals surface area contributed by atoms with Crippen LogP contribution in [0.3, 0.4) is 0 Å². The normalized spacial score (nSPS) is 11.0. The Morgan fingerprint density at radius 1 is 0.925 bits per heavy atom. The summed E-state index contributed by atoms with van der Waals surface area (Å²) >= 11 is 0. The highest BCUT2D eigenvalue weighted by Crippen LogP contribution is 2.30. The van der Waals surface area contributed by atoms with E-state index >= 15 is 0 Å². The van der Waals surface area contributed by atoms with E-state index in [1.807, 2.05) is 6.07 Å². The third kappa shape index (κ3) is 5.61. The van der Waals surface area contributed by atoms with Gasteiger partial charge in [-0.1, -0.05) is 24.3 Å². The van der Waals surface area contributed by atoms with E-state index in [0.29, 0.717) is 34.9 Å². The summed E-state index contributed by atoms with van der Waals surface area (Å²) in [7, 11) is -0.247. The fraction of sp³-hybridized carbons (Fsp3) is 0.107. The quantitative estimate of drug-likeness (QED) is 0.308. The van der Waals surface area contributed by atoms with Gasteiger partial charge in [0.1, 0.15) is 16.5 Å². The standard InChI is InChI=1S/C27H23FN6O3S.CH3F/c1-33(2)25-24(38(36,37)32-20-11-9-19(28)10-12-20)15-18(16-30-25)17-8-13-23-22(14-17)26(35)34(27(29)31-23)21-6-4-3-5-7-21;1-2/h3-16,32H,1-2H3,(H2,29,31);1H3. The van der Waals surface area contributed by atoms with E-state index in [9.17, 15) is 22.0 Å². The number of hydrogen-bond donors (Lipinski definition) is 2. The fourth-order valence-corrected chi connectivity index (χ4v) is 5.38. The maximum atomic E-state index is 13.4. The first-order valence-electron chi connectivity index (χ1n) is 11.9. The molecule has 5 aromatic rings. The molecule has 0 spiro atoms. The molecule has 3 aromatic carbocycles. The molecule has 0 saturated heterocycles. The number of nitrogens with two attached hydrogens (primary N) is 1. The summed E-state index contributed by atoms with van der Waals surface area (Å²) in [6.45, 7) is 0. The van der Waals surface area contributed by atoms with Crippen molar-refractivity contribution in [3.8, 4) is 16.8 Å². The molecule has 0 unspecified atom stereocenters. The Morgan fingerprint density at radius 2 is 1.60 bits per heavy atom. The number of pyridine rings is 1. The number of halogens is 2. The average molecular weight is 565 g/mol. The zero-order chi connectivity index (χ0) is 29.0. The third-order valence-electron chi connectivity index (χ3n) is 5.88. The second-order valence-corrected chi connectivity index (χ2v) is 10.4. The van der Waals surface area contributed by atoms with Gasteiger partial charge in [-0.15, -0.1) is 0 Å². The number of hydrogen-bond acceptors (Lipinski definition) is 7. The number of nitrogens with one attached hydrogen (secondary N) is 1. The van der Waals surface area contributed by atoms with Gasteiger partial charge in [-0.25, -0.2) is 27.3 Å². The first-order chi connectivity index (χ1) is 19.1. The number of benzene rings is 3. The highest BCUT2D eigenvalue weighted by molar-refractivity contribution is 7.92. The number of para-hydroxylation sites is 1. The minimum Gasteiger partial charge on any atom is -0.369 e. The lowest BCUT2D eigenvalue weighted by Crippen LogP contribution is -2.23. The number of alkyl halides is 1. The van der Waals surface area contributed by atoms with Crippen molar-refractivity contribution in [1.82, 2.24) is 14.5 Å². The van der Waals surface area contributed by atoms with Crippen molar-refractivity contribution in [2.24, 2.45) is 0 Å². The average Bonchev–Trinajstić information content (AvgIpc) is 2.95. The van der Waals surface area contributed by atoms with Gasteiger partial charge in [-0.05, 0) is 60.2 Å². The molecule has 0 bridgehead atoms. The predicted octanol–water partition coefficient (Wildman–Crippen LogP) is 4.62. The van der Waals surface area contributed by atoms with Crippen molar-refractivity contribution in [3.63, 3.8) is 0 Å². The number of aromatic nitrogens is 3. The van der Waals surface area contributed by atoms with Gasteiger partial charge in [0.15, 0.2) is 0 Å². The van der Waals surface area contributed by atoms with Crippen molar-refractivity contribution in [3.05, 3.63) is 101 Å². The Bertz CT molecular complexity index is 1830. The van der Waals surface area contributed by atoms with Crippen LogP contribution in [0.2, 0.25) is 0 Å². The summed E-state index contributed by atoms with van der Waals surface area (Å²) in [4.78, 5) is 23.7. The summed E-state index contributed by atoms with van der Waals surface area (Å²) in [6.07, 6.45) is 1.54. The fourth-order valence-electron chi connectivity index (χ4n) is 4.07. The molecule has 0 aliphatic rings. The van der Waals surface area contributed by atoms with E-state index in [1.165, 1.54) is 29.0 Å². The molecule has 0 saturated carbocycles. The highest BCUT2D eigenvalue weighted by Gasteiger charge is 2.23. The molecule has 0 atom stereocenters. The second-order valence-electron chi connectivity index (χ2n) is 8.73. The molecule has 40 heavy (non-hydrogen) atoms. The molecule has 206 valence electrons. The van der Waals surface area contributed by atoms with Gasteiger partial charge in [0.05, 0.1) is 23.8 Å². The lowest BCUT2D eigenvalue weighted by atomic mass is 10.1. The van der Waals surface area contributed by atoms with Crippen molar-refractivity contribution in [2.45, 2.75) is 4.90 Å². The van der Waals surface area contributed by atoms with Gasteiger partial charge < -0.3 is 10.6 Å². The van der Waals surface area contributed by atoms with Gasteiger partial charge >= 0.3 is 0 Å². The van der Waals surface area contributed by atoms with Crippen LogP contribution < -0.4 is 20.9 Å². The molecule has 2 aromatic heterocycles. The smallest absolute Gasteiger partial charge is 0.267 e. The molecule has 0 amide bonds. The van der Waals surface area contributed by atoms with Gasteiger partial charge in [-0.2, -0.15) is 0 Å². The molecule has 5 rings (SSSR count). The molecule has 0 fully saturated rings. The monoisotopic (exact) mass is 564 g/mol. The highest BCUT2D eigenvalue weighted by atomic mass is 32.2. The number of nitrogens with zero attached hydrogens (tertiary/aromatic N) is 4. The molecule has 2 heterocycles. The predicted molar refractivity (Wildman–Crippen MR) is 154 cm³/mol. The Morgan fingerprint density at radius 3 is 2.25 bits per heavy atom. The van der Waals surface area contributed by atoms with Gasteiger partial charge in [0.25, 0.3) is 15.6 Å². The van der Waals surface area contributed by atoms with E-state index in [-0.39, 0.29) is 27.9 Å². The summed E-state index contributed by atoms with van der Waals surface area (Å²) in [6, 6.07) is 20.4. The Balaban J connectivity index is 0.00000181. The molecular formula is C28H26F2N6O3S. The Hall–Kier alpha value is -4.84. The zero-order valence-corrected chi connectivity index (χ0v) is 22.7. The van der Waals surface area contributed by atoms with Crippen LogP contribution in [0, 0.1) is 5.82 Å². The first-order valence-corrected chi connectivity index (χ1v) is 13.3. The number of fused-ring (bicyclic) bond motifs is 1. The lowest BCUT2D eigenvalue weighted by Gasteiger charge is -2.18. The van der Waals surface area contributed by atoms with Crippen LogP contribution in [-0.2, 0) is 10.0 Å². The van der Waals surface area contributed by atoms with Crippen molar-refractivity contribution in [2.75, 3.05) is 36.6 Å². The van der Waals surface area contributed by atoms with Crippen molar-refractivity contribution in [1.29, 1.82) is 0 Å². The maximum absolute atomic E-state index is 13.4. The molecule has 12 heteroatoms. The summed E-state index contributed by atoms with van der Waals surface area (Å²) in [5.74, 6) is -0.215. The summed E-state index contributed by atoms with van der Waals surface area (Å²) in [5.41, 5.74) is 7.97. The summed E-state index contributed by atoms with van der Waals surface area (Å²) < 4.78 is 53.3. The number of sulfonamides is 1. The molecule has 0 aliphatic heterocycles. The van der Waals surface area contributed by atoms with E-state index in [2.05, 4.69) is 14.7 Å². The lowest BCUT2D eigenvalue weighted by molar-refractivity contribution is 0.600. The Kier molecular flexibility index (Phi) is 8.10. The van der Waals surface area contributed by atoms with Crippen LogP contribution >= 0.6 is 0 Å². The van der Waals surface area contributed by atoms with Gasteiger partial charge in [0, 0.05) is 31.5 Å². The van der Waals surface area contributed by atoms with Crippen LogP contribution in [0.1, 0.15) is 0 Å². The van der Waals surface area contributed by atoms with Gasteiger partial charge in [-0.3, -0.25) is 13.9 Å². The third-order valence-corrected chi connectivity index (χ3v) is 7.27. The molecular weight excluding hydrogens is 538 g/mol. The van der Waals surface area contributed by atoms with Crippen LogP contribution in [-0.4, -0.2) is 44.2 Å². The van der Waals surface area contributed by atoms with E-state index in [0.717, 1.165) is 12.1 Å². The van der Waals surface area contributed by atoms with Crippen molar-refractivity contribution >= 4 is 38.4 Å². The Labute approximate surface area is 229 Å². The maximum Gasteiger partial charge on any atom is 0.267 e. The van der Waals surface area contributed by atoms with E-state index in [1.54, 1.807) is 61.5 Å². The van der Waals surface area contributed by atoms with Crippen LogP contribution in [0.5, 0.6) is 0 Å². The van der Waals surface area contributed by atoms with E-state index in [4.69, 9.17) is 5.73 Å². The molecule has 0 aliphatic carbocycles. The topological polar surface area (TPSA) is 123 Å². The molecule has 9 nitrogen and oxygen atoms in total. The van der Waals surface area contributed by atoms with Gasteiger partial charge in [0.2, 0.25) is 5.95 Å². The van der Waals surface area contributed by atoms with Crippen molar-refractivity contribution < 1.29 is 17.2 Å². The van der Waals surface area contributed by atoms with Crippen LogP contribution in [0.15, 0.2) is 94.7 Å². The SMILES string of the molecule is CF.CN(C)c1ncc(-c2ccc3nc(N)n(-c4ccccc4)c(=O)c3c2)cc1S(=O)(=O)Nc1ccc(F)cc1. The largest absolute Gasteiger partial charge is 0.369 e. The van der Waals surface area contributed by atoms with Crippen LogP contribution in [0.4, 0.5) is 26.2 Å². The molecule has 0 radical (unpaired) electrons. The minimum absolute atomic E-state index is 0.0544. The summed E-state index contributed by atoms with van der Waals surface area (Å²) in [5, 5.41) is 0.311. The first kappa shape index (κ1) is 28.2. The second kappa shape index (κ2) is 11.5. The zero-order valence-electron chi connectivity index (χ0n) is 21.8. The van der Waals surface area contributed by atoms with Crippen LogP contribution in [0.25, 0.3) is 27.7 Å². The number of anilines is 3. The number of nitrogen functional groups attached to an aromatic ring is 1.